The molecule has 34 heavy (non-hydrogen) atoms. The van der Waals surface area contributed by atoms with Gasteiger partial charge in [-0.05, 0) is 49.4 Å². The largest absolute Gasteiger partial charge is 0.495 e. The minimum atomic E-state index is 0.422. The lowest BCUT2D eigenvalue weighted by Gasteiger charge is -2.39. The van der Waals surface area contributed by atoms with Crippen molar-refractivity contribution in [2.45, 2.75) is 37.8 Å². The molecule has 3 aromatic heterocycles. The Hall–Kier alpha value is -3.23. The fourth-order valence-electron chi connectivity index (χ4n) is 5.42. The van der Waals surface area contributed by atoms with Crippen molar-refractivity contribution in [3.8, 4) is 16.9 Å². The van der Waals surface area contributed by atoms with E-state index in [0.29, 0.717) is 12.1 Å². The van der Waals surface area contributed by atoms with Gasteiger partial charge >= 0.3 is 0 Å². The van der Waals surface area contributed by atoms with E-state index in [1.54, 1.807) is 19.6 Å². The third-order valence-electron chi connectivity index (χ3n) is 7.27. The van der Waals surface area contributed by atoms with Gasteiger partial charge in [-0.1, -0.05) is 6.07 Å². The second-order valence-electron chi connectivity index (χ2n) is 9.24. The summed E-state index contributed by atoms with van der Waals surface area (Å²) in [5.74, 6) is 1.65. The molecular formula is C26H30N6O2. The number of hydrogen-bond acceptors (Lipinski definition) is 7. The third kappa shape index (κ3) is 4.08. The Kier molecular flexibility index (Phi) is 5.76. The molecule has 4 heterocycles. The van der Waals surface area contributed by atoms with Crippen LogP contribution in [-0.4, -0.2) is 70.3 Å². The van der Waals surface area contributed by atoms with Gasteiger partial charge in [0.2, 0.25) is 0 Å². The molecule has 4 aromatic rings. The van der Waals surface area contributed by atoms with Crippen LogP contribution in [0.15, 0.2) is 43.0 Å². The van der Waals surface area contributed by atoms with Crippen LogP contribution < -0.4 is 10.1 Å². The summed E-state index contributed by atoms with van der Waals surface area (Å²) < 4.78 is 10.9. The van der Waals surface area contributed by atoms with Gasteiger partial charge in [-0.25, -0.2) is 9.97 Å². The Morgan fingerprint density at radius 3 is 2.71 bits per heavy atom. The number of aromatic nitrogens is 4. The van der Waals surface area contributed by atoms with Crippen LogP contribution in [0, 0.1) is 0 Å². The number of hydrogen-bond donors (Lipinski definition) is 2. The van der Waals surface area contributed by atoms with E-state index < -0.39 is 0 Å². The molecule has 0 spiro atoms. The number of methoxy groups -OCH3 is 1. The Morgan fingerprint density at radius 1 is 1.03 bits per heavy atom. The van der Waals surface area contributed by atoms with Crippen LogP contribution in [0.2, 0.25) is 0 Å². The minimum absolute atomic E-state index is 0.422. The molecule has 8 heteroatoms. The van der Waals surface area contributed by atoms with Crippen LogP contribution in [0.3, 0.4) is 0 Å². The zero-order valence-corrected chi connectivity index (χ0v) is 19.5. The molecule has 2 aliphatic rings. The number of pyridine rings is 1. The zero-order valence-electron chi connectivity index (χ0n) is 19.5. The SMILES string of the molecule is COc1cncc(-c2ccc3[nH]c4ncnc(NC5CCC(N6CCOCC6)CC5)c4c3c2)c1. The quantitative estimate of drug-likeness (QED) is 0.462. The molecule has 6 rings (SSSR count). The summed E-state index contributed by atoms with van der Waals surface area (Å²) in [5, 5.41) is 5.91. The predicted molar refractivity (Wildman–Crippen MR) is 133 cm³/mol. The van der Waals surface area contributed by atoms with Gasteiger partial charge in [0.05, 0.1) is 31.9 Å². The van der Waals surface area contributed by atoms with E-state index in [4.69, 9.17) is 9.47 Å². The van der Waals surface area contributed by atoms with Crippen LogP contribution >= 0.6 is 0 Å². The van der Waals surface area contributed by atoms with E-state index in [0.717, 1.165) is 83.8 Å². The molecule has 8 nitrogen and oxygen atoms in total. The highest BCUT2D eigenvalue weighted by Gasteiger charge is 2.27. The van der Waals surface area contributed by atoms with E-state index in [1.165, 1.54) is 12.8 Å². The number of benzene rings is 1. The summed E-state index contributed by atoms with van der Waals surface area (Å²) in [6.45, 7) is 3.86. The summed E-state index contributed by atoms with van der Waals surface area (Å²) in [6.07, 6.45) is 9.96. The molecule has 1 saturated carbocycles. The number of morpholine rings is 1. The van der Waals surface area contributed by atoms with Crippen molar-refractivity contribution >= 4 is 27.8 Å². The highest BCUT2D eigenvalue weighted by molar-refractivity contribution is 6.12. The highest BCUT2D eigenvalue weighted by Crippen LogP contribution is 2.34. The maximum atomic E-state index is 5.53. The van der Waals surface area contributed by atoms with E-state index in [-0.39, 0.29) is 0 Å². The van der Waals surface area contributed by atoms with E-state index >= 15 is 0 Å². The topological polar surface area (TPSA) is 88.2 Å². The lowest BCUT2D eigenvalue weighted by molar-refractivity contribution is 0.00791. The number of rotatable bonds is 5. The normalized spacial score (nSPS) is 21.7. The minimum Gasteiger partial charge on any atom is -0.495 e. The number of aromatic amines is 1. The molecule has 0 bridgehead atoms. The molecule has 1 aliphatic heterocycles. The molecule has 1 saturated heterocycles. The van der Waals surface area contributed by atoms with Crippen LogP contribution in [0.5, 0.6) is 5.75 Å². The van der Waals surface area contributed by atoms with Crippen LogP contribution in [-0.2, 0) is 4.74 Å². The van der Waals surface area contributed by atoms with Gasteiger partial charge in [0.25, 0.3) is 0 Å². The number of nitrogens with zero attached hydrogens (tertiary/aromatic N) is 4. The van der Waals surface area contributed by atoms with Gasteiger partial charge in [0.1, 0.15) is 23.5 Å². The first-order chi connectivity index (χ1) is 16.8. The van der Waals surface area contributed by atoms with E-state index in [1.807, 2.05) is 12.3 Å². The molecule has 2 fully saturated rings. The van der Waals surface area contributed by atoms with Crippen LogP contribution in [0.4, 0.5) is 5.82 Å². The highest BCUT2D eigenvalue weighted by atomic mass is 16.5. The average molecular weight is 459 g/mol. The second kappa shape index (κ2) is 9.19. The molecule has 0 amide bonds. The molecule has 176 valence electrons. The Labute approximate surface area is 198 Å². The first kappa shape index (κ1) is 21.3. The molecule has 0 radical (unpaired) electrons. The monoisotopic (exact) mass is 458 g/mol. The van der Waals surface area contributed by atoms with Crippen molar-refractivity contribution in [2.75, 3.05) is 38.7 Å². The standard InChI is InChI=1S/C26H30N6O2/c1-33-21-12-18(14-27-15-21)17-2-7-23-22(13-17)24-25(28-16-29-26(24)31-23)30-19-3-5-20(6-4-19)32-8-10-34-11-9-32/h2,7,12-16,19-20H,3-6,8-11H2,1H3,(H2,28,29,30,31). The van der Waals surface area contributed by atoms with Crippen molar-refractivity contribution in [1.82, 2.24) is 24.8 Å². The number of anilines is 1. The molecular weight excluding hydrogens is 428 g/mol. The predicted octanol–water partition coefficient (Wildman–Crippen LogP) is 4.24. The average Bonchev–Trinajstić information content (AvgIpc) is 3.28. The molecule has 2 N–H and O–H groups in total. The van der Waals surface area contributed by atoms with Crippen molar-refractivity contribution in [3.63, 3.8) is 0 Å². The van der Waals surface area contributed by atoms with Gasteiger partial charge in [-0.2, -0.15) is 0 Å². The molecule has 1 aliphatic carbocycles. The summed E-state index contributed by atoms with van der Waals surface area (Å²) in [4.78, 5) is 19.6. The first-order valence-corrected chi connectivity index (χ1v) is 12.1. The summed E-state index contributed by atoms with van der Waals surface area (Å²) >= 11 is 0. The molecule has 0 unspecified atom stereocenters. The number of H-pyrrole nitrogens is 1. The smallest absolute Gasteiger partial charge is 0.143 e. The molecule has 1 aromatic carbocycles. The maximum absolute atomic E-state index is 5.53. The summed E-state index contributed by atoms with van der Waals surface area (Å²) in [6, 6.07) is 9.50. The fraction of sp³-hybridized carbons (Fsp3) is 0.423. The van der Waals surface area contributed by atoms with Crippen molar-refractivity contribution in [1.29, 1.82) is 0 Å². The number of fused-ring (bicyclic) bond motifs is 3. The van der Waals surface area contributed by atoms with E-state index in [2.05, 4.69) is 48.4 Å². The first-order valence-electron chi connectivity index (χ1n) is 12.1. The van der Waals surface area contributed by atoms with Crippen molar-refractivity contribution in [2.24, 2.45) is 0 Å². The summed E-state index contributed by atoms with van der Waals surface area (Å²) in [5.41, 5.74) is 4.01. The zero-order chi connectivity index (χ0) is 22.9. The Morgan fingerprint density at radius 2 is 1.88 bits per heavy atom. The van der Waals surface area contributed by atoms with E-state index in [9.17, 15) is 0 Å². The lowest BCUT2D eigenvalue weighted by atomic mass is 9.90. The van der Waals surface area contributed by atoms with Gasteiger partial charge in [0, 0.05) is 47.8 Å². The van der Waals surface area contributed by atoms with Crippen molar-refractivity contribution in [3.05, 3.63) is 43.0 Å². The van der Waals surface area contributed by atoms with Crippen LogP contribution in [0.25, 0.3) is 33.1 Å². The van der Waals surface area contributed by atoms with Gasteiger partial charge in [-0.3, -0.25) is 9.88 Å². The number of nitrogens with one attached hydrogen (secondary N) is 2. The Bertz CT molecular complexity index is 1290. The van der Waals surface area contributed by atoms with Gasteiger partial charge in [0.15, 0.2) is 0 Å². The Balaban J connectivity index is 1.27. The third-order valence-corrected chi connectivity index (χ3v) is 7.27. The molecule has 0 atom stereocenters. The number of ether oxygens (including phenoxy) is 2. The fourth-order valence-corrected chi connectivity index (χ4v) is 5.42. The maximum Gasteiger partial charge on any atom is 0.143 e. The second-order valence-corrected chi connectivity index (χ2v) is 9.24. The van der Waals surface area contributed by atoms with Crippen molar-refractivity contribution < 1.29 is 9.47 Å². The van der Waals surface area contributed by atoms with Gasteiger partial charge < -0.3 is 19.8 Å². The van der Waals surface area contributed by atoms with Crippen LogP contribution in [0.1, 0.15) is 25.7 Å². The lowest BCUT2D eigenvalue weighted by Crippen LogP contribution is -2.46. The van der Waals surface area contributed by atoms with Gasteiger partial charge in [-0.15, -0.1) is 0 Å². The summed E-state index contributed by atoms with van der Waals surface area (Å²) in [7, 11) is 1.66.